The highest BCUT2D eigenvalue weighted by Crippen LogP contribution is 2.20. The van der Waals surface area contributed by atoms with E-state index in [-0.39, 0.29) is 12.4 Å². The third-order valence-corrected chi connectivity index (χ3v) is 2.28. The molecule has 76 valence electrons. The Bertz CT molecular complexity index is 347. The van der Waals surface area contributed by atoms with Gasteiger partial charge >= 0.3 is 0 Å². The van der Waals surface area contributed by atoms with Gasteiger partial charge in [0.2, 0.25) is 0 Å². The quantitative estimate of drug-likeness (QED) is 0.820. The van der Waals surface area contributed by atoms with Crippen LogP contribution < -0.4 is 0 Å². The summed E-state index contributed by atoms with van der Waals surface area (Å²) in [4.78, 5) is 0. The molecule has 0 saturated heterocycles. The molecule has 1 aromatic carbocycles. The summed E-state index contributed by atoms with van der Waals surface area (Å²) in [5, 5.41) is 9.09. The first-order chi connectivity index (χ1) is 6.65. The number of aliphatic hydroxyl groups excluding tert-OH is 1. The third kappa shape index (κ3) is 2.82. The molecule has 0 amide bonds. The standard InChI is InChI=1S/C11H12ClFO/c1-8-6-11(13)9(7-10(8)12)4-2-3-5-14/h2,4,6-7,14H,3,5H2,1H3. The summed E-state index contributed by atoms with van der Waals surface area (Å²) in [5.74, 6) is -0.291. The summed E-state index contributed by atoms with van der Waals surface area (Å²) in [6.45, 7) is 1.82. The molecule has 1 N–H and O–H groups in total. The molecule has 0 saturated carbocycles. The van der Waals surface area contributed by atoms with Crippen LogP contribution in [0.3, 0.4) is 0 Å². The lowest BCUT2D eigenvalue weighted by atomic mass is 10.1. The van der Waals surface area contributed by atoms with Crippen LogP contribution in [-0.2, 0) is 0 Å². The number of hydrogen-bond donors (Lipinski definition) is 1. The third-order valence-electron chi connectivity index (χ3n) is 1.87. The molecule has 0 unspecified atom stereocenters. The molecule has 0 bridgehead atoms. The molecule has 0 aliphatic heterocycles. The minimum Gasteiger partial charge on any atom is -0.396 e. The first kappa shape index (κ1) is 11.2. The highest BCUT2D eigenvalue weighted by Gasteiger charge is 2.02. The summed E-state index contributed by atoms with van der Waals surface area (Å²) < 4.78 is 13.3. The van der Waals surface area contributed by atoms with E-state index in [4.69, 9.17) is 16.7 Å². The van der Waals surface area contributed by atoms with E-state index in [1.165, 1.54) is 6.07 Å². The van der Waals surface area contributed by atoms with Crippen LogP contribution >= 0.6 is 11.6 Å². The van der Waals surface area contributed by atoms with Crippen LogP contribution in [0.5, 0.6) is 0 Å². The predicted octanol–water partition coefficient (Wildman–Crippen LogP) is 3.18. The van der Waals surface area contributed by atoms with Gasteiger partial charge in [0.25, 0.3) is 0 Å². The molecule has 1 nitrogen and oxygen atoms in total. The lowest BCUT2D eigenvalue weighted by Crippen LogP contribution is -1.85. The van der Waals surface area contributed by atoms with E-state index in [9.17, 15) is 4.39 Å². The van der Waals surface area contributed by atoms with Crippen molar-refractivity contribution in [1.29, 1.82) is 0 Å². The molecule has 14 heavy (non-hydrogen) atoms. The summed E-state index contributed by atoms with van der Waals surface area (Å²) in [7, 11) is 0. The minimum atomic E-state index is -0.291. The van der Waals surface area contributed by atoms with Crippen molar-refractivity contribution in [3.8, 4) is 0 Å². The first-order valence-corrected chi connectivity index (χ1v) is 4.76. The predicted molar refractivity (Wildman–Crippen MR) is 56.9 cm³/mol. The molecule has 1 rings (SSSR count). The second kappa shape index (κ2) is 5.13. The first-order valence-electron chi connectivity index (χ1n) is 4.38. The highest BCUT2D eigenvalue weighted by molar-refractivity contribution is 6.31. The number of benzene rings is 1. The van der Waals surface area contributed by atoms with Gasteiger partial charge in [-0.2, -0.15) is 0 Å². The van der Waals surface area contributed by atoms with E-state index < -0.39 is 0 Å². The van der Waals surface area contributed by atoms with Crippen LogP contribution in [0.2, 0.25) is 5.02 Å². The molecule has 0 heterocycles. The summed E-state index contributed by atoms with van der Waals surface area (Å²) in [6.07, 6.45) is 3.85. The van der Waals surface area contributed by atoms with Gasteiger partial charge in [-0.1, -0.05) is 23.8 Å². The van der Waals surface area contributed by atoms with Gasteiger partial charge in [0, 0.05) is 17.2 Å². The molecule has 0 radical (unpaired) electrons. The summed E-state index contributed by atoms with van der Waals surface area (Å²) in [6, 6.07) is 2.99. The van der Waals surface area contributed by atoms with Crippen LogP contribution in [0, 0.1) is 12.7 Å². The van der Waals surface area contributed by atoms with E-state index in [2.05, 4.69) is 0 Å². The van der Waals surface area contributed by atoms with Crippen LogP contribution in [0.15, 0.2) is 18.2 Å². The van der Waals surface area contributed by atoms with E-state index in [1.54, 1.807) is 25.1 Å². The van der Waals surface area contributed by atoms with Gasteiger partial charge in [0.15, 0.2) is 0 Å². The normalized spacial score (nSPS) is 11.1. The zero-order valence-electron chi connectivity index (χ0n) is 7.93. The zero-order valence-corrected chi connectivity index (χ0v) is 8.68. The lowest BCUT2D eigenvalue weighted by Gasteiger charge is -2.01. The number of rotatable bonds is 3. The van der Waals surface area contributed by atoms with E-state index in [0.29, 0.717) is 17.0 Å². The number of hydrogen-bond acceptors (Lipinski definition) is 1. The molecule has 0 aliphatic rings. The Kier molecular flexibility index (Phi) is 4.11. The monoisotopic (exact) mass is 214 g/mol. The number of aryl methyl sites for hydroxylation is 1. The Hall–Kier alpha value is -0.860. The van der Waals surface area contributed by atoms with Crippen molar-refractivity contribution in [3.05, 3.63) is 40.2 Å². The SMILES string of the molecule is Cc1cc(F)c(C=CCCO)cc1Cl. The van der Waals surface area contributed by atoms with Gasteiger partial charge in [-0.15, -0.1) is 0 Å². The van der Waals surface area contributed by atoms with Crippen LogP contribution in [0.1, 0.15) is 17.5 Å². The van der Waals surface area contributed by atoms with Crippen molar-refractivity contribution in [2.75, 3.05) is 6.61 Å². The second-order valence-electron chi connectivity index (χ2n) is 3.04. The van der Waals surface area contributed by atoms with Crippen LogP contribution in [0.25, 0.3) is 6.08 Å². The Morgan fingerprint density at radius 2 is 2.21 bits per heavy atom. The highest BCUT2D eigenvalue weighted by atomic mass is 35.5. The Morgan fingerprint density at radius 3 is 2.86 bits per heavy atom. The van der Waals surface area contributed by atoms with Gasteiger partial charge in [-0.3, -0.25) is 0 Å². The second-order valence-corrected chi connectivity index (χ2v) is 3.44. The molecule has 0 fully saturated rings. The Morgan fingerprint density at radius 1 is 1.50 bits per heavy atom. The topological polar surface area (TPSA) is 20.2 Å². The van der Waals surface area contributed by atoms with Gasteiger partial charge in [-0.25, -0.2) is 4.39 Å². The minimum absolute atomic E-state index is 0.0672. The molecular formula is C11H12ClFO. The molecule has 1 aromatic rings. The van der Waals surface area contributed by atoms with E-state index >= 15 is 0 Å². The Balaban J connectivity index is 2.92. The van der Waals surface area contributed by atoms with Gasteiger partial charge in [0.05, 0.1) is 0 Å². The zero-order chi connectivity index (χ0) is 10.6. The molecule has 3 heteroatoms. The smallest absolute Gasteiger partial charge is 0.130 e. The van der Waals surface area contributed by atoms with Crippen LogP contribution in [0.4, 0.5) is 4.39 Å². The maximum absolute atomic E-state index is 13.3. The average molecular weight is 215 g/mol. The van der Waals surface area contributed by atoms with Crippen LogP contribution in [-0.4, -0.2) is 11.7 Å². The molecule has 0 aliphatic carbocycles. The van der Waals surface area contributed by atoms with Crippen molar-refractivity contribution < 1.29 is 9.50 Å². The van der Waals surface area contributed by atoms with E-state index in [0.717, 1.165) is 5.56 Å². The molecule has 0 spiro atoms. The molecule has 0 aromatic heterocycles. The number of aliphatic hydroxyl groups is 1. The van der Waals surface area contributed by atoms with E-state index in [1.807, 2.05) is 0 Å². The number of halogens is 2. The molecule has 0 atom stereocenters. The molecular weight excluding hydrogens is 203 g/mol. The fraction of sp³-hybridized carbons (Fsp3) is 0.273. The van der Waals surface area contributed by atoms with Gasteiger partial charge in [0.1, 0.15) is 5.82 Å². The van der Waals surface area contributed by atoms with Crippen molar-refractivity contribution >= 4 is 17.7 Å². The van der Waals surface area contributed by atoms with Gasteiger partial charge in [-0.05, 0) is 31.0 Å². The average Bonchev–Trinajstić information content (AvgIpc) is 2.14. The maximum atomic E-state index is 13.3. The fourth-order valence-electron chi connectivity index (χ4n) is 1.07. The van der Waals surface area contributed by atoms with Crippen molar-refractivity contribution in [1.82, 2.24) is 0 Å². The van der Waals surface area contributed by atoms with Gasteiger partial charge < -0.3 is 5.11 Å². The Labute approximate surface area is 87.8 Å². The summed E-state index contributed by atoms with van der Waals surface area (Å²) >= 11 is 5.85. The van der Waals surface area contributed by atoms with Crippen molar-refractivity contribution in [3.63, 3.8) is 0 Å². The lowest BCUT2D eigenvalue weighted by molar-refractivity contribution is 0.303. The fourth-order valence-corrected chi connectivity index (χ4v) is 1.25. The maximum Gasteiger partial charge on any atom is 0.130 e. The van der Waals surface area contributed by atoms with Crippen molar-refractivity contribution in [2.45, 2.75) is 13.3 Å². The van der Waals surface area contributed by atoms with Crippen molar-refractivity contribution in [2.24, 2.45) is 0 Å². The largest absolute Gasteiger partial charge is 0.396 e. The summed E-state index contributed by atoms with van der Waals surface area (Å²) in [5.41, 5.74) is 1.18.